The molecule has 2 heterocycles. The van der Waals surface area contributed by atoms with Gasteiger partial charge in [0.15, 0.2) is 5.82 Å². The van der Waals surface area contributed by atoms with Crippen LogP contribution in [-0.2, 0) is 4.79 Å². The largest absolute Gasteiger partial charge is 0.488 e. The lowest BCUT2D eigenvalue weighted by Gasteiger charge is -2.23. The molecule has 3 rings (SSSR count). The van der Waals surface area contributed by atoms with Crippen LogP contribution in [0.4, 0.5) is 5.82 Å². The highest BCUT2D eigenvalue weighted by Gasteiger charge is 2.33. The lowest BCUT2D eigenvalue weighted by Crippen LogP contribution is -2.24. The number of H-pyrrole nitrogens is 1. The van der Waals surface area contributed by atoms with Crippen LogP contribution in [-0.4, -0.2) is 33.8 Å². The molecule has 0 saturated carbocycles. The van der Waals surface area contributed by atoms with E-state index < -0.39 is 11.9 Å². The second-order valence-corrected chi connectivity index (χ2v) is 5.67. The van der Waals surface area contributed by atoms with Crippen molar-refractivity contribution in [2.24, 2.45) is 0 Å². The molecule has 0 saturated heterocycles. The van der Waals surface area contributed by atoms with Gasteiger partial charge in [-0.1, -0.05) is 30.3 Å². The number of hydrogen-bond donors (Lipinski definition) is 3. The summed E-state index contributed by atoms with van der Waals surface area (Å²) in [5.74, 6) is -1.10. The van der Waals surface area contributed by atoms with Crippen LogP contribution >= 0.6 is 11.6 Å². The number of carboxylic acid groups (broad SMARTS) is 1. The van der Waals surface area contributed by atoms with Crippen LogP contribution in [0, 0.1) is 0 Å². The van der Waals surface area contributed by atoms with Crippen molar-refractivity contribution in [1.82, 2.24) is 10.2 Å². The summed E-state index contributed by atoms with van der Waals surface area (Å²) < 4.78 is 5.42. The Morgan fingerprint density at radius 3 is 3.00 bits per heavy atom. The van der Waals surface area contributed by atoms with E-state index in [4.69, 9.17) is 16.3 Å². The summed E-state index contributed by atoms with van der Waals surface area (Å²) >= 11 is 6.22. The van der Waals surface area contributed by atoms with Gasteiger partial charge in [0, 0.05) is 17.9 Å². The van der Waals surface area contributed by atoms with Gasteiger partial charge in [0.2, 0.25) is 5.91 Å². The molecule has 2 aromatic rings. The third-order valence-electron chi connectivity index (χ3n) is 3.73. The summed E-state index contributed by atoms with van der Waals surface area (Å²) in [6, 6.07) is 5.12. The Morgan fingerprint density at radius 2 is 2.33 bits per heavy atom. The number of aromatic nitrogens is 2. The van der Waals surface area contributed by atoms with Crippen molar-refractivity contribution in [3.05, 3.63) is 52.7 Å². The predicted molar refractivity (Wildman–Crippen MR) is 87.8 cm³/mol. The summed E-state index contributed by atoms with van der Waals surface area (Å²) in [5.41, 5.74) is 1.11. The van der Waals surface area contributed by atoms with Gasteiger partial charge in [-0.2, -0.15) is 5.10 Å². The number of carboxylic acids is 1. The molecule has 0 bridgehead atoms. The number of fused-ring (bicyclic) bond motifs is 1. The number of aromatic carboxylic acids is 1. The molecule has 0 spiro atoms. The van der Waals surface area contributed by atoms with Crippen molar-refractivity contribution < 1.29 is 19.4 Å². The topological polar surface area (TPSA) is 104 Å². The SMILES string of the molecule is C=CCOc1ccc([C@@H]2CC(=O)Nc3n[nH]c(C(=O)O)c32)cc1Cl. The molecular weight excluding hydrogens is 334 g/mol. The number of halogens is 1. The van der Waals surface area contributed by atoms with Crippen molar-refractivity contribution in [3.63, 3.8) is 0 Å². The number of nitrogens with zero attached hydrogens (tertiary/aromatic N) is 1. The Bertz CT molecular complexity index is 831. The van der Waals surface area contributed by atoms with Gasteiger partial charge in [0.05, 0.1) is 5.02 Å². The van der Waals surface area contributed by atoms with Crippen molar-refractivity contribution in [2.45, 2.75) is 12.3 Å². The molecule has 0 unspecified atom stereocenters. The smallest absolute Gasteiger partial charge is 0.354 e. The van der Waals surface area contributed by atoms with Crippen LogP contribution in [0.1, 0.15) is 34.0 Å². The summed E-state index contributed by atoms with van der Waals surface area (Å²) in [6.45, 7) is 3.89. The van der Waals surface area contributed by atoms with Gasteiger partial charge in [0.25, 0.3) is 0 Å². The highest BCUT2D eigenvalue weighted by molar-refractivity contribution is 6.32. The average Bonchev–Trinajstić information content (AvgIpc) is 2.96. The van der Waals surface area contributed by atoms with E-state index in [1.807, 2.05) is 0 Å². The fraction of sp³-hybridized carbons (Fsp3) is 0.188. The number of rotatable bonds is 5. The number of nitrogens with one attached hydrogen (secondary N) is 2. The first-order valence-electron chi connectivity index (χ1n) is 7.15. The van der Waals surface area contributed by atoms with Gasteiger partial charge in [-0.25, -0.2) is 4.79 Å². The van der Waals surface area contributed by atoms with Crippen LogP contribution in [0.25, 0.3) is 0 Å². The Labute approximate surface area is 142 Å². The van der Waals surface area contributed by atoms with Gasteiger partial charge in [-0.05, 0) is 17.7 Å². The lowest BCUT2D eigenvalue weighted by molar-refractivity contribution is -0.116. The molecule has 0 radical (unpaired) electrons. The van der Waals surface area contributed by atoms with E-state index in [-0.39, 0.29) is 23.8 Å². The van der Waals surface area contributed by atoms with Gasteiger partial charge < -0.3 is 15.2 Å². The molecule has 1 aromatic carbocycles. The van der Waals surface area contributed by atoms with Gasteiger partial charge >= 0.3 is 5.97 Å². The number of carbonyl (C=O) groups is 2. The van der Waals surface area contributed by atoms with Crippen molar-refractivity contribution in [1.29, 1.82) is 0 Å². The quantitative estimate of drug-likeness (QED) is 0.721. The van der Waals surface area contributed by atoms with Crippen LogP contribution in [0.5, 0.6) is 5.75 Å². The molecule has 0 fully saturated rings. The lowest BCUT2D eigenvalue weighted by atomic mass is 9.85. The number of hydrogen-bond acceptors (Lipinski definition) is 4. The number of carbonyl (C=O) groups excluding carboxylic acids is 1. The van der Waals surface area contributed by atoms with Crippen molar-refractivity contribution in [2.75, 3.05) is 11.9 Å². The summed E-state index contributed by atoms with van der Waals surface area (Å²) in [7, 11) is 0. The molecule has 0 aliphatic carbocycles. The Hall–Kier alpha value is -2.80. The van der Waals surface area contributed by atoms with Crippen LogP contribution in [0.2, 0.25) is 5.02 Å². The average molecular weight is 348 g/mol. The number of benzene rings is 1. The van der Waals surface area contributed by atoms with E-state index in [1.165, 1.54) is 0 Å². The first-order chi connectivity index (χ1) is 11.5. The normalized spacial score (nSPS) is 16.2. The van der Waals surface area contributed by atoms with Gasteiger partial charge in [0.1, 0.15) is 18.1 Å². The molecule has 7 nitrogen and oxygen atoms in total. The van der Waals surface area contributed by atoms with E-state index in [9.17, 15) is 14.7 Å². The Kier molecular flexibility index (Phi) is 4.26. The number of aromatic amines is 1. The van der Waals surface area contributed by atoms with Gasteiger partial charge in [-0.3, -0.25) is 9.89 Å². The maximum atomic E-state index is 11.9. The van der Waals surface area contributed by atoms with E-state index >= 15 is 0 Å². The van der Waals surface area contributed by atoms with E-state index in [2.05, 4.69) is 22.1 Å². The maximum absolute atomic E-state index is 11.9. The first kappa shape index (κ1) is 16.1. The van der Waals surface area contributed by atoms with Crippen LogP contribution in [0.3, 0.4) is 0 Å². The van der Waals surface area contributed by atoms with E-state index in [1.54, 1.807) is 24.3 Å². The third kappa shape index (κ3) is 2.85. The number of amides is 1. The Balaban J connectivity index is 2.02. The third-order valence-corrected chi connectivity index (χ3v) is 4.02. The minimum Gasteiger partial charge on any atom is -0.488 e. The number of anilines is 1. The van der Waals surface area contributed by atoms with E-state index in [0.717, 1.165) is 0 Å². The Morgan fingerprint density at radius 1 is 1.54 bits per heavy atom. The zero-order valence-corrected chi connectivity index (χ0v) is 13.3. The summed E-state index contributed by atoms with van der Waals surface area (Å²) in [6.07, 6.45) is 1.71. The standard InChI is InChI=1S/C16H14ClN3O4/c1-2-5-24-11-4-3-8(6-10(11)17)9-7-12(21)18-15-13(9)14(16(22)23)19-20-15/h2-4,6,9H,1,5,7H2,(H,22,23)(H2,18,19,20,21)/t9-/m0/s1. The fourth-order valence-corrected chi connectivity index (χ4v) is 2.95. The molecule has 1 aliphatic rings. The summed E-state index contributed by atoms with van der Waals surface area (Å²) in [4.78, 5) is 23.3. The second-order valence-electron chi connectivity index (χ2n) is 5.26. The van der Waals surface area contributed by atoms with Crippen molar-refractivity contribution >= 4 is 29.3 Å². The molecule has 1 atom stereocenters. The minimum atomic E-state index is -1.14. The van der Waals surface area contributed by atoms with Crippen LogP contribution < -0.4 is 10.1 Å². The monoisotopic (exact) mass is 347 g/mol. The number of ether oxygens (including phenoxy) is 1. The second kappa shape index (κ2) is 6.37. The molecule has 124 valence electrons. The minimum absolute atomic E-state index is 0.0434. The van der Waals surface area contributed by atoms with Crippen molar-refractivity contribution in [3.8, 4) is 5.75 Å². The molecular formula is C16H14ClN3O4. The highest BCUT2D eigenvalue weighted by atomic mass is 35.5. The predicted octanol–water partition coefficient (Wildman–Crippen LogP) is 2.80. The summed E-state index contributed by atoms with van der Waals surface area (Å²) in [5, 5.41) is 18.6. The molecule has 3 N–H and O–H groups in total. The molecule has 1 aromatic heterocycles. The van der Waals surface area contributed by atoms with Gasteiger partial charge in [-0.15, -0.1) is 0 Å². The molecule has 24 heavy (non-hydrogen) atoms. The highest BCUT2D eigenvalue weighted by Crippen LogP contribution is 2.40. The maximum Gasteiger partial charge on any atom is 0.354 e. The van der Waals surface area contributed by atoms with E-state index in [0.29, 0.717) is 28.5 Å². The molecule has 1 amide bonds. The first-order valence-corrected chi connectivity index (χ1v) is 7.53. The molecule has 8 heteroatoms. The zero-order chi connectivity index (χ0) is 17.3. The zero-order valence-electron chi connectivity index (χ0n) is 12.5. The fourth-order valence-electron chi connectivity index (χ4n) is 2.70. The van der Waals surface area contributed by atoms with Crippen LogP contribution in [0.15, 0.2) is 30.9 Å². The molecule has 1 aliphatic heterocycles.